The van der Waals surface area contributed by atoms with Gasteiger partial charge in [-0.3, -0.25) is 0 Å². The van der Waals surface area contributed by atoms with E-state index in [0.717, 1.165) is 34.6 Å². The van der Waals surface area contributed by atoms with Crippen LogP contribution < -0.4 is 0 Å². The number of nitrogens with one attached hydrogen (secondary N) is 1. The van der Waals surface area contributed by atoms with Gasteiger partial charge in [-0.15, -0.1) is 10.2 Å². The summed E-state index contributed by atoms with van der Waals surface area (Å²) in [5, 5.41) is 23.9. The highest BCUT2D eigenvalue weighted by Crippen LogP contribution is 2.32. The van der Waals surface area contributed by atoms with E-state index in [1.165, 1.54) is 0 Å². The van der Waals surface area contributed by atoms with Gasteiger partial charge in [0.05, 0.1) is 11.3 Å². The second-order valence-electron chi connectivity index (χ2n) is 8.52. The van der Waals surface area contributed by atoms with E-state index in [1.54, 1.807) is 6.07 Å². The molecule has 0 aliphatic carbocycles. The van der Waals surface area contributed by atoms with Gasteiger partial charge in [0.15, 0.2) is 5.82 Å². The van der Waals surface area contributed by atoms with Crippen LogP contribution in [0.4, 0.5) is 0 Å². The normalized spacial score (nSPS) is 11.6. The molecule has 31 heavy (non-hydrogen) atoms. The van der Waals surface area contributed by atoms with Gasteiger partial charge in [-0.05, 0) is 53.3 Å². The molecule has 2 N–H and O–H groups in total. The second kappa shape index (κ2) is 8.18. The molecule has 158 valence electrons. The summed E-state index contributed by atoms with van der Waals surface area (Å²) in [6, 6.07) is 19.9. The molecule has 0 fully saturated rings. The molecule has 0 aliphatic heterocycles. The number of aromatic carboxylic acids is 1. The number of tetrazole rings is 1. The van der Waals surface area contributed by atoms with Crippen LogP contribution in [0.2, 0.25) is 0 Å². The van der Waals surface area contributed by atoms with Crippen molar-refractivity contribution >= 4 is 5.97 Å². The molecular formula is C24H25N5O2. The van der Waals surface area contributed by atoms with Crippen molar-refractivity contribution in [3.8, 4) is 16.9 Å². The van der Waals surface area contributed by atoms with Gasteiger partial charge < -0.3 is 9.67 Å². The Morgan fingerprint density at radius 3 is 2.45 bits per heavy atom. The number of rotatable bonds is 6. The molecule has 4 aromatic rings. The van der Waals surface area contributed by atoms with Crippen LogP contribution in [-0.4, -0.2) is 36.3 Å². The lowest BCUT2D eigenvalue weighted by atomic mass is 9.83. The Hall–Kier alpha value is -3.74. The number of aromatic amines is 1. The van der Waals surface area contributed by atoms with E-state index in [1.807, 2.05) is 51.1 Å². The van der Waals surface area contributed by atoms with Crippen molar-refractivity contribution in [1.82, 2.24) is 25.2 Å². The van der Waals surface area contributed by atoms with Gasteiger partial charge >= 0.3 is 5.97 Å². The molecule has 0 radical (unpaired) electrons. The summed E-state index contributed by atoms with van der Waals surface area (Å²) in [7, 11) is 0. The number of aromatic nitrogens is 5. The molecule has 2 heterocycles. The topological polar surface area (TPSA) is 96.7 Å². The second-order valence-corrected chi connectivity index (χ2v) is 8.52. The zero-order valence-electron chi connectivity index (χ0n) is 17.8. The third-order valence-corrected chi connectivity index (χ3v) is 5.32. The van der Waals surface area contributed by atoms with Crippen LogP contribution in [-0.2, 0) is 18.3 Å². The van der Waals surface area contributed by atoms with Gasteiger partial charge in [0, 0.05) is 17.8 Å². The third kappa shape index (κ3) is 4.26. The number of aryl methyl sites for hydroxylation is 2. The van der Waals surface area contributed by atoms with Crippen molar-refractivity contribution in [3.63, 3.8) is 0 Å². The van der Waals surface area contributed by atoms with Gasteiger partial charge in [0.1, 0.15) is 0 Å². The van der Waals surface area contributed by atoms with Crippen molar-refractivity contribution < 1.29 is 9.90 Å². The van der Waals surface area contributed by atoms with E-state index in [0.29, 0.717) is 17.8 Å². The summed E-state index contributed by atoms with van der Waals surface area (Å²) in [4.78, 5) is 11.8. The summed E-state index contributed by atoms with van der Waals surface area (Å²) >= 11 is 0. The SMILES string of the molecule is CC(C)(C)c1cc(-n2c(CCc3nn[nH]n3)ccc2-c2ccccc2)ccc1C(=O)O. The van der Waals surface area contributed by atoms with Crippen LogP contribution in [0.15, 0.2) is 60.7 Å². The van der Waals surface area contributed by atoms with Gasteiger partial charge in [-0.1, -0.05) is 56.3 Å². The van der Waals surface area contributed by atoms with Crippen LogP contribution in [0.3, 0.4) is 0 Å². The zero-order valence-corrected chi connectivity index (χ0v) is 17.8. The summed E-state index contributed by atoms with van der Waals surface area (Å²) in [5.41, 5.74) is 4.98. The van der Waals surface area contributed by atoms with Crippen LogP contribution in [0.5, 0.6) is 0 Å². The average molecular weight is 415 g/mol. The monoisotopic (exact) mass is 415 g/mol. The van der Waals surface area contributed by atoms with E-state index >= 15 is 0 Å². The van der Waals surface area contributed by atoms with Gasteiger partial charge in [-0.25, -0.2) is 4.79 Å². The van der Waals surface area contributed by atoms with Crippen molar-refractivity contribution in [3.05, 3.63) is 83.3 Å². The Labute approximate surface area is 180 Å². The zero-order chi connectivity index (χ0) is 22.0. The standard InChI is InChI=1S/C24H25N5O2/c1-24(2,3)20-15-18(9-12-19(20)23(30)31)29-17(11-14-22-25-27-28-26-22)10-13-21(29)16-7-5-4-6-8-16/h4-10,12-13,15H,11,14H2,1-3H3,(H,30,31)(H,25,26,27,28). The quantitative estimate of drug-likeness (QED) is 0.485. The van der Waals surface area contributed by atoms with E-state index in [4.69, 9.17) is 0 Å². The highest BCUT2D eigenvalue weighted by molar-refractivity contribution is 5.90. The molecule has 0 atom stereocenters. The van der Waals surface area contributed by atoms with Gasteiger partial charge in [-0.2, -0.15) is 5.21 Å². The Morgan fingerprint density at radius 2 is 1.81 bits per heavy atom. The predicted octanol–water partition coefficient (Wildman–Crippen LogP) is 4.44. The minimum atomic E-state index is -0.912. The summed E-state index contributed by atoms with van der Waals surface area (Å²) in [6.07, 6.45) is 1.37. The first-order valence-corrected chi connectivity index (χ1v) is 10.2. The molecule has 7 heteroatoms. The lowest BCUT2D eigenvalue weighted by molar-refractivity contribution is 0.0694. The molecule has 7 nitrogen and oxygen atoms in total. The minimum absolute atomic E-state index is 0.311. The smallest absolute Gasteiger partial charge is 0.335 e. The van der Waals surface area contributed by atoms with Gasteiger partial charge in [0.2, 0.25) is 0 Å². The summed E-state index contributed by atoms with van der Waals surface area (Å²) in [6.45, 7) is 6.09. The van der Waals surface area contributed by atoms with Crippen LogP contribution in [0, 0.1) is 0 Å². The molecule has 0 saturated carbocycles. The Balaban J connectivity index is 1.85. The molecule has 0 bridgehead atoms. The number of nitrogens with zero attached hydrogens (tertiary/aromatic N) is 4. The number of carbonyl (C=O) groups is 1. The molecule has 0 amide bonds. The maximum atomic E-state index is 11.8. The number of hydrogen-bond donors (Lipinski definition) is 2. The first-order chi connectivity index (χ1) is 14.8. The first kappa shape index (κ1) is 20.5. The lowest BCUT2D eigenvalue weighted by Crippen LogP contribution is -2.18. The summed E-state index contributed by atoms with van der Waals surface area (Å²) < 4.78 is 2.19. The number of benzene rings is 2. The largest absolute Gasteiger partial charge is 0.478 e. The molecule has 2 aromatic heterocycles. The fraction of sp³-hybridized carbons (Fsp3) is 0.250. The summed E-state index contributed by atoms with van der Waals surface area (Å²) in [5.74, 6) is -0.254. The Bertz CT molecular complexity index is 1190. The fourth-order valence-electron chi connectivity index (χ4n) is 3.82. The van der Waals surface area contributed by atoms with Crippen molar-refractivity contribution in [2.45, 2.75) is 39.0 Å². The van der Waals surface area contributed by atoms with E-state index < -0.39 is 5.97 Å². The first-order valence-electron chi connectivity index (χ1n) is 10.2. The van der Waals surface area contributed by atoms with Crippen LogP contribution in [0.25, 0.3) is 16.9 Å². The third-order valence-electron chi connectivity index (χ3n) is 5.32. The number of carboxylic acids is 1. The van der Waals surface area contributed by atoms with E-state index in [-0.39, 0.29) is 5.41 Å². The molecular weight excluding hydrogens is 390 g/mol. The minimum Gasteiger partial charge on any atom is -0.478 e. The number of H-pyrrole nitrogens is 1. The molecule has 0 aliphatic rings. The Kier molecular flexibility index (Phi) is 5.42. The highest BCUT2D eigenvalue weighted by atomic mass is 16.4. The number of carboxylic acid groups (broad SMARTS) is 1. The molecule has 0 saturated heterocycles. The maximum absolute atomic E-state index is 11.8. The van der Waals surface area contributed by atoms with E-state index in [9.17, 15) is 9.90 Å². The highest BCUT2D eigenvalue weighted by Gasteiger charge is 2.23. The van der Waals surface area contributed by atoms with Gasteiger partial charge in [0.25, 0.3) is 0 Å². The van der Waals surface area contributed by atoms with Crippen molar-refractivity contribution in [2.24, 2.45) is 0 Å². The molecule has 0 spiro atoms. The van der Waals surface area contributed by atoms with E-state index in [2.05, 4.69) is 49.5 Å². The average Bonchev–Trinajstić information content (AvgIpc) is 3.41. The Morgan fingerprint density at radius 1 is 1.03 bits per heavy atom. The molecule has 0 unspecified atom stereocenters. The van der Waals surface area contributed by atoms with Crippen molar-refractivity contribution in [1.29, 1.82) is 0 Å². The lowest BCUT2D eigenvalue weighted by Gasteiger charge is -2.24. The molecule has 2 aromatic carbocycles. The fourth-order valence-corrected chi connectivity index (χ4v) is 3.82. The van der Waals surface area contributed by atoms with Crippen molar-refractivity contribution in [2.75, 3.05) is 0 Å². The molecule has 4 rings (SSSR count). The van der Waals surface area contributed by atoms with Crippen LogP contribution in [0.1, 0.15) is 48.2 Å². The number of hydrogen-bond acceptors (Lipinski definition) is 4. The van der Waals surface area contributed by atoms with Crippen LogP contribution >= 0.6 is 0 Å². The predicted molar refractivity (Wildman–Crippen MR) is 118 cm³/mol. The maximum Gasteiger partial charge on any atom is 0.335 e.